The predicted molar refractivity (Wildman–Crippen MR) is 73.3 cm³/mol. The summed E-state index contributed by atoms with van der Waals surface area (Å²) in [5, 5.41) is 0.302. The van der Waals surface area contributed by atoms with Crippen LogP contribution in [0, 0.1) is 0 Å². The number of hydrogen-bond acceptors (Lipinski definition) is 2. The Morgan fingerprint density at radius 3 is 2.50 bits per heavy atom. The van der Waals surface area contributed by atoms with E-state index in [1.165, 1.54) is 13.0 Å². The summed E-state index contributed by atoms with van der Waals surface area (Å²) >= 11 is 6.09. The molecule has 0 aliphatic carbocycles. The molecular weight excluding hydrogens is 397 g/mol. The van der Waals surface area contributed by atoms with Gasteiger partial charge in [0.25, 0.3) is 0 Å². The van der Waals surface area contributed by atoms with Crippen LogP contribution < -0.4 is 0 Å². The minimum Gasteiger partial charge on any atom is -0.298 e. The molecule has 1 nitrogen and oxygen atoms in total. The zero-order valence-corrected chi connectivity index (χ0v) is 13.2. The van der Waals surface area contributed by atoms with E-state index in [0.717, 1.165) is 0 Å². The molecule has 0 heterocycles. The summed E-state index contributed by atoms with van der Waals surface area (Å²) in [5.41, 5.74) is -3.52. The van der Waals surface area contributed by atoms with Crippen LogP contribution in [0.1, 0.15) is 22.9 Å². The summed E-state index contributed by atoms with van der Waals surface area (Å²) in [7, 11) is 0. The summed E-state index contributed by atoms with van der Waals surface area (Å²) < 4.78 is 37.6. The Balaban J connectivity index is 3.29. The van der Waals surface area contributed by atoms with Gasteiger partial charge in [-0.3, -0.25) is 4.79 Å². The highest BCUT2D eigenvalue weighted by atomic mass is 79.9. The second kappa shape index (κ2) is 6.43. The fourth-order valence-electron chi connectivity index (χ4n) is 1.37. The van der Waals surface area contributed by atoms with Crippen LogP contribution in [0.25, 0.3) is 0 Å². The SMILES string of the molecule is CC(=O)C(Br)c1cccc(CBr)c1SC(F)(F)F. The first-order chi connectivity index (χ1) is 8.26. The number of thioether (sulfide) groups is 1. The van der Waals surface area contributed by atoms with Crippen LogP contribution >= 0.6 is 43.6 Å². The number of carbonyl (C=O) groups is 1. The molecule has 0 spiro atoms. The van der Waals surface area contributed by atoms with Crippen LogP contribution in [0.4, 0.5) is 13.2 Å². The molecule has 7 heteroatoms. The average Bonchev–Trinajstić information content (AvgIpc) is 2.26. The van der Waals surface area contributed by atoms with Gasteiger partial charge < -0.3 is 0 Å². The van der Waals surface area contributed by atoms with Crippen molar-refractivity contribution in [1.82, 2.24) is 0 Å². The summed E-state index contributed by atoms with van der Waals surface area (Å²) in [5.74, 6) is -0.231. The first-order valence-corrected chi connectivity index (χ1v) is 7.69. The van der Waals surface area contributed by atoms with Crippen LogP contribution in [-0.2, 0) is 10.1 Å². The Labute approximate surface area is 124 Å². The van der Waals surface area contributed by atoms with Gasteiger partial charge in [0.15, 0.2) is 0 Å². The Morgan fingerprint density at radius 2 is 2.06 bits per heavy atom. The molecule has 1 atom stereocenters. The minimum atomic E-state index is -4.38. The fraction of sp³-hybridized carbons (Fsp3) is 0.364. The van der Waals surface area contributed by atoms with Crippen LogP contribution in [-0.4, -0.2) is 11.3 Å². The van der Waals surface area contributed by atoms with Crippen LogP contribution in [0.2, 0.25) is 0 Å². The van der Waals surface area contributed by atoms with E-state index >= 15 is 0 Å². The molecule has 1 aromatic rings. The van der Waals surface area contributed by atoms with E-state index < -0.39 is 10.3 Å². The van der Waals surface area contributed by atoms with Gasteiger partial charge in [-0.1, -0.05) is 50.1 Å². The molecule has 18 heavy (non-hydrogen) atoms. The van der Waals surface area contributed by atoms with E-state index in [4.69, 9.17) is 0 Å². The van der Waals surface area contributed by atoms with Crippen molar-refractivity contribution in [2.45, 2.75) is 27.5 Å². The lowest BCUT2D eigenvalue weighted by atomic mass is 10.1. The monoisotopic (exact) mass is 404 g/mol. The number of Topliss-reactive ketones (excluding diaryl/α,β-unsaturated/α-hetero) is 1. The van der Waals surface area contributed by atoms with Gasteiger partial charge in [-0.25, -0.2) is 0 Å². The van der Waals surface area contributed by atoms with Gasteiger partial charge in [-0.15, -0.1) is 0 Å². The number of carbonyl (C=O) groups excluding carboxylic acids is 1. The Morgan fingerprint density at radius 1 is 1.44 bits per heavy atom. The van der Waals surface area contributed by atoms with Gasteiger partial charge in [0.1, 0.15) is 5.78 Å². The Hall–Kier alpha value is -0.0100. The fourth-order valence-corrected chi connectivity index (χ4v) is 3.36. The maximum Gasteiger partial charge on any atom is 0.446 e. The van der Waals surface area contributed by atoms with E-state index in [-0.39, 0.29) is 22.4 Å². The third kappa shape index (κ3) is 4.28. The van der Waals surface area contributed by atoms with Crippen LogP contribution in [0.5, 0.6) is 0 Å². The van der Waals surface area contributed by atoms with Crippen LogP contribution in [0.3, 0.4) is 0 Å². The highest BCUT2D eigenvalue weighted by Crippen LogP contribution is 2.44. The van der Waals surface area contributed by atoms with Crippen molar-refractivity contribution in [3.63, 3.8) is 0 Å². The normalized spacial score (nSPS) is 13.4. The standard InChI is InChI=1S/C11H9Br2F3OS/c1-6(17)9(13)8-4-2-3-7(5-12)10(8)18-11(14,15)16/h2-4,9H,5H2,1H3. The molecule has 0 aliphatic heterocycles. The third-order valence-corrected chi connectivity index (χ3v) is 4.79. The molecule has 0 bridgehead atoms. The first kappa shape index (κ1) is 16.0. The van der Waals surface area contributed by atoms with Crippen molar-refractivity contribution in [3.8, 4) is 0 Å². The Bertz CT molecular complexity index is 448. The van der Waals surface area contributed by atoms with Crippen molar-refractivity contribution in [2.75, 3.05) is 0 Å². The van der Waals surface area contributed by atoms with Gasteiger partial charge in [0.2, 0.25) is 0 Å². The Kier molecular flexibility index (Phi) is 5.73. The molecule has 100 valence electrons. The number of alkyl halides is 5. The summed E-state index contributed by atoms with van der Waals surface area (Å²) in [6.07, 6.45) is 0. The van der Waals surface area contributed by atoms with Gasteiger partial charge in [-0.2, -0.15) is 13.2 Å². The van der Waals surface area contributed by atoms with Gasteiger partial charge >= 0.3 is 5.51 Å². The molecule has 1 aromatic carbocycles. The lowest BCUT2D eigenvalue weighted by molar-refractivity contribution is -0.116. The largest absolute Gasteiger partial charge is 0.446 e. The smallest absolute Gasteiger partial charge is 0.298 e. The van der Waals surface area contributed by atoms with Gasteiger partial charge in [0.05, 0.1) is 4.83 Å². The van der Waals surface area contributed by atoms with Crippen molar-refractivity contribution in [2.24, 2.45) is 0 Å². The highest BCUT2D eigenvalue weighted by molar-refractivity contribution is 9.09. The maximum atomic E-state index is 12.5. The van der Waals surface area contributed by atoms with Crippen LogP contribution in [0.15, 0.2) is 23.1 Å². The van der Waals surface area contributed by atoms with Crippen molar-refractivity contribution < 1.29 is 18.0 Å². The number of benzene rings is 1. The predicted octanol–water partition coefficient (Wildman–Crippen LogP) is 5.22. The molecular formula is C11H9Br2F3OS. The first-order valence-electron chi connectivity index (χ1n) is 4.84. The molecule has 0 saturated heterocycles. The quantitative estimate of drug-likeness (QED) is 0.504. The summed E-state index contributed by atoms with van der Waals surface area (Å²) in [4.78, 5) is 10.7. The second-order valence-electron chi connectivity index (χ2n) is 3.49. The van der Waals surface area contributed by atoms with E-state index in [9.17, 15) is 18.0 Å². The molecule has 0 fully saturated rings. The van der Waals surface area contributed by atoms with Gasteiger partial charge in [0, 0.05) is 10.2 Å². The number of ketones is 1. The zero-order chi connectivity index (χ0) is 13.9. The maximum absolute atomic E-state index is 12.5. The van der Waals surface area contributed by atoms with Crippen molar-refractivity contribution in [1.29, 1.82) is 0 Å². The number of halogens is 5. The van der Waals surface area contributed by atoms with E-state index in [1.807, 2.05) is 0 Å². The molecule has 0 aromatic heterocycles. The van der Waals surface area contributed by atoms with E-state index in [1.54, 1.807) is 12.1 Å². The minimum absolute atomic E-state index is 0.0824. The number of hydrogen-bond donors (Lipinski definition) is 0. The molecule has 0 aliphatic rings. The second-order valence-corrected chi connectivity index (χ2v) is 6.04. The van der Waals surface area contributed by atoms with Gasteiger partial charge in [-0.05, 0) is 29.8 Å². The van der Waals surface area contributed by atoms with E-state index in [2.05, 4.69) is 31.9 Å². The van der Waals surface area contributed by atoms with Crippen molar-refractivity contribution in [3.05, 3.63) is 29.3 Å². The molecule has 0 radical (unpaired) electrons. The van der Waals surface area contributed by atoms with E-state index in [0.29, 0.717) is 16.5 Å². The van der Waals surface area contributed by atoms with Crippen molar-refractivity contribution >= 4 is 49.4 Å². The lowest BCUT2D eigenvalue weighted by Crippen LogP contribution is -2.07. The molecule has 1 unspecified atom stereocenters. The molecule has 1 rings (SSSR count). The lowest BCUT2D eigenvalue weighted by Gasteiger charge is -2.16. The average molecular weight is 406 g/mol. The molecule has 0 N–H and O–H groups in total. The summed E-state index contributed by atoms with van der Waals surface area (Å²) in [6.45, 7) is 1.34. The number of rotatable bonds is 4. The molecule has 0 amide bonds. The third-order valence-electron chi connectivity index (χ3n) is 2.12. The summed E-state index contributed by atoms with van der Waals surface area (Å²) in [6, 6.07) is 4.77. The molecule has 0 saturated carbocycles. The topological polar surface area (TPSA) is 17.1 Å². The zero-order valence-electron chi connectivity index (χ0n) is 9.22. The highest BCUT2D eigenvalue weighted by Gasteiger charge is 2.33.